The van der Waals surface area contributed by atoms with Gasteiger partial charge in [-0.05, 0) is 36.8 Å². The molecule has 0 unspecified atom stereocenters. The highest BCUT2D eigenvalue weighted by Gasteiger charge is 2.04. The van der Waals surface area contributed by atoms with E-state index in [0.717, 1.165) is 28.3 Å². The van der Waals surface area contributed by atoms with E-state index in [2.05, 4.69) is 10.6 Å². The molecular weight excluding hydrogens is 264 g/mol. The van der Waals surface area contributed by atoms with Crippen LogP contribution in [0.1, 0.15) is 18.1 Å². The fourth-order valence-corrected chi connectivity index (χ4v) is 2.15. The highest BCUT2D eigenvalue weighted by Crippen LogP contribution is 2.22. The predicted molar refractivity (Wildman–Crippen MR) is 85.8 cm³/mol. The second-order valence-electron chi connectivity index (χ2n) is 4.88. The first-order valence-electron chi connectivity index (χ1n) is 6.84. The fraction of sp³-hybridized carbons (Fsp3) is 0.235. The molecular formula is C17H20N2O2. The van der Waals surface area contributed by atoms with Crippen molar-refractivity contribution in [1.29, 1.82) is 0 Å². The van der Waals surface area contributed by atoms with E-state index in [1.54, 1.807) is 7.11 Å². The van der Waals surface area contributed by atoms with Crippen molar-refractivity contribution in [2.45, 2.75) is 20.4 Å². The van der Waals surface area contributed by atoms with Crippen LogP contribution in [0.25, 0.3) is 0 Å². The molecule has 2 aromatic carbocycles. The topological polar surface area (TPSA) is 50.4 Å². The number of carbonyl (C=O) groups excluding carboxylic acids is 1. The molecule has 0 aromatic heterocycles. The Morgan fingerprint density at radius 2 is 1.95 bits per heavy atom. The van der Waals surface area contributed by atoms with Crippen molar-refractivity contribution in [1.82, 2.24) is 0 Å². The summed E-state index contributed by atoms with van der Waals surface area (Å²) in [6.45, 7) is 4.16. The van der Waals surface area contributed by atoms with Crippen LogP contribution >= 0.6 is 0 Å². The molecule has 0 aliphatic heterocycles. The van der Waals surface area contributed by atoms with E-state index in [9.17, 15) is 4.79 Å². The number of methoxy groups -OCH3 is 1. The molecule has 0 saturated carbocycles. The second kappa shape index (κ2) is 6.79. The third-order valence-electron chi connectivity index (χ3n) is 3.21. The zero-order valence-electron chi connectivity index (χ0n) is 12.6. The Morgan fingerprint density at radius 3 is 2.62 bits per heavy atom. The van der Waals surface area contributed by atoms with Gasteiger partial charge in [-0.3, -0.25) is 4.79 Å². The Kier molecular flexibility index (Phi) is 4.82. The monoisotopic (exact) mass is 284 g/mol. The van der Waals surface area contributed by atoms with E-state index in [4.69, 9.17) is 4.74 Å². The summed E-state index contributed by atoms with van der Waals surface area (Å²) in [7, 11) is 1.67. The lowest BCUT2D eigenvalue weighted by molar-refractivity contribution is -0.114. The van der Waals surface area contributed by atoms with Gasteiger partial charge in [-0.25, -0.2) is 0 Å². The highest BCUT2D eigenvalue weighted by molar-refractivity contribution is 5.89. The van der Waals surface area contributed by atoms with E-state index >= 15 is 0 Å². The fourth-order valence-electron chi connectivity index (χ4n) is 2.15. The molecule has 0 radical (unpaired) electrons. The molecule has 0 fully saturated rings. The molecule has 21 heavy (non-hydrogen) atoms. The predicted octanol–water partition coefficient (Wildman–Crippen LogP) is 3.57. The quantitative estimate of drug-likeness (QED) is 0.882. The third kappa shape index (κ3) is 3.99. The molecule has 0 aliphatic carbocycles. The summed E-state index contributed by atoms with van der Waals surface area (Å²) in [5.74, 6) is 0.810. The molecule has 0 atom stereocenters. The van der Waals surface area contributed by atoms with Gasteiger partial charge in [0.1, 0.15) is 5.75 Å². The lowest BCUT2D eigenvalue weighted by Gasteiger charge is -2.12. The number of hydrogen-bond donors (Lipinski definition) is 2. The van der Waals surface area contributed by atoms with Crippen LogP contribution in [0, 0.1) is 6.92 Å². The number of ether oxygens (including phenoxy) is 1. The molecule has 110 valence electrons. The molecule has 4 heteroatoms. The van der Waals surface area contributed by atoms with Crippen molar-refractivity contribution >= 4 is 17.3 Å². The van der Waals surface area contributed by atoms with Gasteiger partial charge in [0.05, 0.1) is 7.11 Å². The summed E-state index contributed by atoms with van der Waals surface area (Å²) < 4.78 is 5.33. The largest absolute Gasteiger partial charge is 0.496 e. The van der Waals surface area contributed by atoms with Gasteiger partial charge in [0.25, 0.3) is 0 Å². The number of rotatable bonds is 5. The molecule has 2 rings (SSSR count). The van der Waals surface area contributed by atoms with Crippen molar-refractivity contribution in [3.05, 3.63) is 53.6 Å². The molecule has 2 aromatic rings. The van der Waals surface area contributed by atoms with Gasteiger partial charge in [0.15, 0.2) is 0 Å². The van der Waals surface area contributed by atoms with Gasteiger partial charge in [0.2, 0.25) is 5.91 Å². The van der Waals surface area contributed by atoms with E-state index in [1.165, 1.54) is 6.92 Å². The standard InChI is InChI=1S/C17H20N2O2/c1-12-10-15(8-9-16(12)19-13(2)20)18-11-14-6-4-5-7-17(14)21-3/h4-10,18H,11H2,1-3H3,(H,19,20). The van der Waals surface area contributed by atoms with Crippen LogP contribution in [0.4, 0.5) is 11.4 Å². The summed E-state index contributed by atoms with van der Waals surface area (Å²) in [6.07, 6.45) is 0. The normalized spacial score (nSPS) is 10.0. The minimum Gasteiger partial charge on any atom is -0.496 e. The number of anilines is 2. The Morgan fingerprint density at radius 1 is 1.19 bits per heavy atom. The van der Waals surface area contributed by atoms with Gasteiger partial charge in [-0.2, -0.15) is 0 Å². The van der Waals surface area contributed by atoms with Crippen molar-refractivity contribution in [2.24, 2.45) is 0 Å². The first kappa shape index (κ1) is 14.9. The lowest BCUT2D eigenvalue weighted by atomic mass is 10.1. The first-order chi connectivity index (χ1) is 10.1. The Bertz CT molecular complexity index is 638. The number of para-hydroxylation sites is 1. The summed E-state index contributed by atoms with van der Waals surface area (Å²) in [5.41, 5.74) is 3.97. The van der Waals surface area contributed by atoms with Crippen molar-refractivity contribution < 1.29 is 9.53 Å². The summed E-state index contributed by atoms with van der Waals surface area (Å²) in [5, 5.41) is 6.17. The van der Waals surface area contributed by atoms with Crippen LogP contribution < -0.4 is 15.4 Å². The smallest absolute Gasteiger partial charge is 0.221 e. The Labute approximate surface area is 125 Å². The second-order valence-corrected chi connectivity index (χ2v) is 4.88. The minimum atomic E-state index is -0.0622. The number of amides is 1. The van der Waals surface area contributed by atoms with E-state index in [-0.39, 0.29) is 5.91 Å². The lowest BCUT2D eigenvalue weighted by Crippen LogP contribution is -2.07. The van der Waals surface area contributed by atoms with Gasteiger partial charge in [0, 0.05) is 30.4 Å². The van der Waals surface area contributed by atoms with Gasteiger partial charge in [-0.15, -0.1) is 0 Å². The number of benzene rings is 2. The summed E-state index contributed by atoms with van der Waals surface area (Å²) >= 11 is 0. The number of hydrogen-bond acceptors (Lipinski definition) is 3. The maximum atomic E-state index is 11.1. The first-order valence-corrected chi connectivity index (χ1v) is 6.84. The number of nitrogens with one attached hydrogen (secondary N) is 2. The molecule has 0 heterocycles. The highest BCUT2D eigenvalue weighted by atomic mass is 16.5. The molecule has 0 aliphatic rings. The van der Waals surface area contributed by atoms with E-state index < -0.39 is 0 Å². The van der Waals surface area contributed by atoms with Crippen molar-refractivity contribution in [3.63, 3.8) is 0 Å². The van der Waals surface area contributed by atoms with Crippen molar-refractivity contribution in [2.75, 3.05) is 17.7 Å². The van der Waals surface area contributed by atoms with Gasteiger partial charge >= 0.3 is 0 Å². The molecule has 4 nitrogen and oxygen atoms in total. The molecule has 0 bridgehead atoms. The zero-order chi connectivity index (χ0) is 15.2. The maximum Gasteiger partial charge on any atom is 0.221 e. The Balaban J connectivity index is 2.07. The van der Waals surface area contributed by atoms with Crippen LogP contribution in [-0.2, 0) is 11.3 Å². The van der Waals surface area contributed by atoms with E-state index in [1.807, 2.05) is 49.4 Å². The van der Waals surface area contributed by atoms with Gasteiger partial charge < -0.3 is 15.4 Å². The van der Waals surface area contributed by atoms with Crippen molar-refractivity contribution in [3.8, 4) is 5.75 Å². The van der Waals surface area contributed by atoms with Crippen LogP contribution in [0.3, 0.4) is 0 Å². The SMILES string of the molecule is COc1ccccc1CNc1ccc(NC(C)=O)c(C)c1. The van der Waals surface area contributed by atoms with Crippen LogP contribution in [0.2, 0.25) is 0 Å². The minimum absolute atomic E-state index is 0.0622. The third-order valence-corrected chi connectivity index (χ3v) is 3.21. The van der Waals surface area contributed by atoms with Gasteiger partial charge in [-0.1, -0.05) is 18.2 Å². The Hall–Kier alpha value is -2.49. The van der Waals surface area contributed by atoms with E-state index in [0.29, 0.717) is 6.54 Å². The average Bonchev–Trinajstić information content (AvgIpc) is 2.47. The molecule has 1 amide bonds. The average molecular weight is 284 g/mol. The molecule has 2 N–H and O–H groups in total. The molecule has 0 spiro atoms. The van der Waals surface area contributed by atoms with Crippen LogP contribution in [-0.4, -0.2) is 13.0 Å². The zero-order valence-corrected chi connectivity index (χ0v) is 12.6. The summed E-state index contributed by atoms with van der Waals surface area (Å²) in [4.78, 5) is 11.1. The number of carbonyl (C=O) groups is 1. The number of aryl methyl sites for hydroxylation is 1. The van der Waals surface area contributed by atoms with Crippen LogP contribution in [0.5, 0.6) is 5.75 Å². The maximum absolute atomic E-state index is 11.1. The summed E-state index contributed by atoms with van der Waals surface area (Å²) in [6, 6.07) is 13.8. The molecule has 0 saturated heterocycles. The van der Waals surface area contributed by atoms with Crippen LogP contribution in [0.15, 0.2) is 42.5 Å².